The Morgan fingerprint density at radius 2 is 1.93 bits per heavy atom. The highest BCUT2D eigenvalue weighted by molar-refractivity contribution is 7.71. The van der Waals surface area contributed by atoms with Gasteiger partial charge in [-0.3, -0.25) is 4.90 Å². The van der Waals surface area contributed by atoms with Crippen LogP contribution in [0.2, 0.25) is 0 Å². The first-order valence-electron chi connectivity index (χ1n) is 9.94. The Balaban J connectivity index is 1.58. The lowest BCUT2D eigenvalue weighted by atomic mass is 10.0. The van der Waals surface area contributed by atoms with E-state index in [9.17, 15) is 4.39 Å². The molecule has 1 aliphatic rings. The lowest BCUT2D eigenvalue weighted by Gasteiger charge is -2.24. The first kappa shape index (κ1) is 19.8. The normalized spacial score (nSPS) is 17.0. The fourth-order valence-electron chi connectivity index (χ4n) is 3.95. The third-order valence-corrected chi connectivity index (χ3v) is 5.90. The highest BCUT2D eigenvalue weighted by Crippen LogP contribution is 2.33. The fraction of sp³-hybridized carbons (Fsp3) is 0.364. The number of nitrogens with zero attached hydrogens (tertiary/aromatic N) is 4. The first-order valence-corrected chi connectivity index (χ1v) is 10.3. The molecule has 4 rings (SSSR count). The summed E-state index contributed by atoms with van der Waals surface area (Å²) in [6, 6.07) is 15.3. The Hall–Kier alpha value is -2.51. The molecular weight excluding hydrogens is 387 g/mol. The van der Waals surface area contributed by atoms with Crippen LogP contribution in [0.15, 0.2) is 48.5 Å². The van der Waals surface area contributed by atoms with Crippen LogP contribution in [0.5, 0.6) is 5.75 Å². The van der Waals surface area contributed by atoms with Crippen LogP contribution in [0.4, 0.5) is 4.39 Å². The van der Waals surface area contributed by atoms with E-state index in [1.807, 2.05) is 32.2 Å². The molecule has 1 unspecified atom stereocenters. The molecule has 2 heterocycles. The molecule has 3 aromatic rings. The predicted molar refractivity (Wildman–Crippen MR) is 114 cm³/mol. The SMILES string of the molecule is CCOc1ccc(C2CCCN2Cn2nc(-c3ccccc3F)n(C)c2=S)cc1. The summed E-state index contributed by atoms with van der Waals surface area (Å²) in [5.41, 5.74) is 1.73. The zero-order chi connectivity index (χ0) is 20.4. The van der Waals surface area contributed by atoms with E-state index in [0.717, 1.165) is 25.1 Å². The van der Waals surface area contributed by atoms with E-state index in [1.54, 1.807) is 21.4 Å². The van der Waals surface area contributed by atoms with Gasteiger partial charge in [-0.05, 0) is 61.8 Å². The van der Waals surface area contributed by atoms with Crippen molar-refractivity contribution in [2.75, 3.05) is 13.2 Å². The molecule has 1 aromatic heterocycles. The average Bonchev–Trinajstić information content (AvgIpc) is 3.30. The van der Waals surface area contributed by atoms with E-state index in [1.165, 1.54) is 11.6 Å². The first-order chi connectivity index (χ1) is 14.1. The summed E-state index contributed by atoms with van der Waals surface area (Å²) in [7, 11) is 1.83. The fourth-order valence-corrected chi connectivity index (χ4v) is 4.14. The van der Waals surface area contributed by atoms with Crippen molar-refractivity contribution in [2.45, 2.75) is 32.5 Å². The zero-order valence-corrected chi connectivity index (χ0v) is 17.5. The molecule has 1 aliphatic heterocycles. The summed E-state index contributed by atoms with van der Waals surface area (Å²) >= 11 is 5.59. The number of aromatic nitrogens is 3. The second-order valence-corrected chi connectivity index (χ2v) is 7.62. The molecule has 0 radical (unpaired) electrons. The number of hydrogen-bond acceptors (Lipinski definition) is 4. The van der Waals surface area contributed by atoms with Crippen LogP contribution < -0.4 is 4.74 Å². The minimum atomic E-state index is -0.295. The molecule has 152 valence electrons. The highest BCUT2D eigenvalue weighted by Gasteiger charge is 2.27. The molecule has 0 saturated carbocycles. The van der Waals surface area contributed by atoms with Crippen LogP contribution in [0.25, 0.3) is 11.4 Å². The Morgan fingerprint density at radius 1 is 1.17 bits per heavy atom. The van der Waals surface area contributed by atoms with Gasteiger partial charge in [0.25, 0.3) is 0 Å². The molecule has 2 aromatic carbocycles. The van der Waals surface area contributed by atoms with Crippen molar-refractivity contribution in [1.82, 2.24) is 19.2 Å². The van der Waals surface area contributed by atoms with Crippen molar-refractivity contribution in [3.63, 3.8) is 0 Å². The van der Waals surface area contributed by atoms with Crippen molar-refractivity contribution in [3.8, 4) is 17.1 Å². The molecule has 1 atom stereocenters. The van der Waals surface area contributed by atoms with Crippen molar-refractivity contribution in [3.05, 3.63) is 64.7 Å². The molecular formula is C22H25FN4OS. The number of likely N-dealkylation sites (tertiary alicyclic amines) is 1. The van der Waals surface area contributed by atoms with Gasteiger partial charge in [0.05, 0.1) is 18.8 Å². The molecule has 0 amide bonds. The average molecular weight is 413 g/mol. The molecule has 29 heavy (non-hydrogen) atoms. The van der Waals surface area contributed by atoms with E-state index >= 15 is 0 Å². The maximum atomic E-state index is 14.3. The second kappa shape index (κ2) is 8.47. The summed E-state index contributed by atoms with van der Waals surface area (Å²) in [5, 5.41) is 4.64. The maximum Gasteiger partial charge on any atom is 0.199 e. The van der Waals surface area contributed by atoms with Crippen molar-refractivity contribution < 1.29 is 9.13 Å². The minimum Gasteiger partial charge on any atom is -0.494 e. The van der Waals surface area contributed by atoms with Gasteiger partial charge in [-0.15, -0.1) is 0 Å². The molecule has 7 heteroatoms. The predicted octanol–water partition coefficient (Wildman–Crippen LogP) is 4.95. The minimum absolute atomic E-state index is 0.295. The van der Waals surface area contributed by atoms with Crippen molar-refractivity contribution in [1.29, 1.82) is 0 Å². The van der Waals surface area contributed by atoms with E-state index in [4.69, 9.17) is 17.0 Å². The van der Waals surface area contributed by atoms with Crippen LogP contribution in [0.1, 0.15) is 31.4 Å². The van der Waals surface area contributed by atoms with Crippen LogP contribution in [-0.4, -0.2) is 32.4 Å². The van der Waals surface area contributed by atoms with Crippen molar-refractivity contribution >= 4 is 12.2 Å². The standard InChI is InChI=1S/C22H25FN4OS/c1-3-28-17-12-10-16(11-13-17)20-9-6-14-26(20)15-27-22(29)25(2)21(24-27)18-7-4-5-8-19(18)23/h4-5,7-8,10-13,20H,3,6,9,14-15H2,1-2H3. The summed E-state index contributed by atoms with van der Waals surface area (Å²) in [6.45, 7) is 4.21. The zero-order valence-electron chi connectivity index (χ0n) is 16.7. The van der Waals surface area contributed by atoms with E-state index in [2.05, 4.69) is 22.1 Å². The quantitative estimate of drug-likeness (QED) is 0.537. The largest absolute Gasteiger partial charge is 0.494 e. The third-order valence-electron chi connectivity index (χ3n) is 5.41. The Bertz CT molecular complexity index is 1040. The number of benzene rings is 2. The maximum absolute atomic E-state index is 14.3. The molecule has 0 spiro atoms. The summed E-state index contributed by atoms with van der Waals surface area (Å²) in [5.74, 6) is 1.14. The monoisotopic (exact) mass is 412 g/mol. The Morgan fingerprint density at radius 3 is 2.66 bits per heavy atom. The second-order valence-electron chi connectivity index (χ2n) is 7.26. The van der Waals surface area contributed by atoms with Gasteiger partial charge in [0, 0.05) is 19.6 Å². The molecule has 1 saturated heterocycles. The van der Waals surface area contributed by atoms with Gasteiger partial charge in [-0.25, -0.2) is 9.07 Å². The van der Waals surface area contributed by atoms with E-state index in [0.29, 0.717) is 35.5 Å². The van der Waals surface area contributed by atoms with Gasteiger partial charge in [0.15, 0.2) is 10.6 Å². The van der Waals surface area contributed by atoms with Gasteiger partial charge >= 0.3 is 0 Å². The Kier molecular flexibility index (Phi) is 5.78. The van der Waals surface area contributed by atoms with E-state index < -0.39 is 0 Å². The molecule has 0 N–H and O–H groups in total. The number of ether oxygens (including phenoxy) is 1. The van der Waals surface area contributed by atoms with Crippen LogP contribution in [0, 0.1) is 10.6 Å². The van der Waals surface area contributed by atoms with Crippen molar-refractivity contribution in [2.24, 2.45) is 7.05 Å². The lowest BCUT2D eigenvalue weighted by Crippen LogP contribution is -2.27. The van der Waals surface area contributed by atoms with E-state index in [-0.39, 0.29) is 5.82 Å². The van der Waals surface area contributed by atoms with Gasteiger partial charge < -0.3 is 9.30 Å². The number of rotatable bonds is 6. The summed E-state index contributed by atoms with van der Waals surface area (Å²) in [4.78, 5) is 2.38. The Labute approximate surface area is 175 Å². The third kappa shape index (κ3) is 3.97. The number of halogens is 1. The van der Waals surface area contributed by atoms with Crippen LogP contribution >= 0.6 is 12.2 Å². The number of hydrogen-bond donors (Lipinski definition) is 0. The topological polar surface area (TPSA) is 35.2 Å². The van der Waals surface area contributed by atoms with Crippen LogP contribution in [0.3, 0.4) is 0 Å². The van der Waals surface area contributed by atoms with Gasteiger partial charge in [-0.2, -0.15) is 5.10 Å². The molecule has 0 bridgehead atoms. The smallest absolute Gasteiger partial charge is 0.199 e. The summed E-state index contributed by atoms with van der Waals surface area (Å²) < 4.78 is 24.0. The summed E-state index contributed by atoms with van der Waals surface area (Å²) in [6.07, 6.45) is 2.21. The van der Waals surface area contributed by atoms with Gasteiger partial charge in [0.1, 0.15) is 11.6 Å². The van der Waals surface area contributed by atoms with Gasteiger partial charge in [-0.1, -0.05) is 24.3 Å². The lowest BCUT2D eigenvalue weighted by molar-refractivity contribution is 0.190. The molecule has 1 fully saturated rings. The highest BCUT2D eigenvalue weighted by atomic mass is 32.1. The van der Waals surface area contributed by atoms with Gasteiger partial charge in [0.2, 0.25) is 0 Å². The van der Waals surface area contributed by atoms with Crippen LogP contribution in [-0.2, 0) is 13.7 Å². The molecule has 0 aliphatic carbocycles. The molecule has 5 nitrogen and oxygen atoms in total.